The first kappa shape index (κ1) is 16.9. The van der Waals surface area contributed by atoms with Gasteiger partial charge in [-0.2, -0.15) is 0 Å². The van der Waals surface area contributed by atoms with Gasteiger partial charge in [0, 0.05) is 19.2 Å². The van der Waals surface area contributed by atoms with Crippen molar-refractivity contribution < 1.29 is 14.5 Å². The van der Waals surface area contributed by atoms with Crippen LogP contribution >= 0.6 is 0 Å². The molecule has 0 saturated carbocycles. The molecule has 21 heavy (non-hydrogen) atoms. The van der Waals surface area contributed by atoms with Crippen LogP contribution in [0.15, 0.2) is 24.3 Å². The molecule has 0 unspecified atom stereocenters. The van der Waals surface area contributed by atoms with Crippen molar-refractivity contribution in [3.63, 3.8) is 0 Å². The largest absolute Gasteiger partial charge is 0.492 e. The molecule has 0 heterocycles. The van der Waals surface area contributed by atoms with E-state index in [-0.39, 0.29) is 11.6 Å². The molecule has 0 aromatic heterocycles. The molecule has 116 valence electrons. The fourth-order valence-electron chi connectivity index (χ4n) is 1.78. The summed E-state index contributed by atoms with van der Waals surface area (Å²) in [5, 5.41) is 13.4. The van der Waals surface area contributed by atoms with E-state index >= 15 is 0 Å². The van der Waals surface area contributed by atoms with Gasteiger partial charge in [-0.3, -0.25) is 19.8 Å². The number of benzene rings is 1. The van der Waals surface area contributed by atoms with Crippen LogP contribution in [0.1, 0.15) is 13.8 Å². The summed E-state index contributed by atoms with van der Waals surface area (Å²) in [6.07, 6.45) is 0. The molecule has 0 radical (unpaired) electrons. The third-order valence-corrected chi connectivity index (χ3v) is 2.89. The van der Waals surface area contributed by atoms with Crippen LogP contribution in [0.25, 0.3) is 0 Å². The van der Waals surface area contributed by atoms with Gasteiger partial charge in [-0.1, -0.05) is 13.0 Å². The minimum atomic E-state index is -0.458. The van der Waals surface area contributed by atoms with Gasteiger partial charge in [0.1, 0.15) is 12.4 Å². The van der Waals surface area contributed by atoms with Gasteiger partial charge in [0.25, 0.3) is 5.69 Å². The Morgan fingerprint density at radius 3 is 2.81 bits per heavy atom. The van der Waals surface area contributed by atoms with Crippen molar-refractivity contribution in [2.45, 2.75) is 13.8 Å². The molecular formula is C14H21N3O4. The molecule has 0 fully saturated rings. The Morgan fingerprint density at radius 1 is 1.43 bits per heavy atom. The highest BCUT2D eigenvalue weighted by molar-refractivity contribution is 5.77. The van der Waals surface area contributed by atoms with Gasteiger partial charge < -0.3 is 10.1 Å². The second kappa shape index (κ2) is 8.91. The van der Waals surface area contributed by atoms with Crippen LogP contribution in [0, 0.1) is 10.1 Å². The third kappa shape index (κ3) is 6.22. The van der Waals surface area contributed by atoms with Crippen LogP contribution in [0.5, 0.6) is 5.75 Å². The van der Waals surface area contributed by atoms with E-state index in [2.05, 4.69) is 5.32 Å². The SMILES string of the molecule is CCNC(=O)CN(CC)CCOc1cccc([N+](=O)[O-])c1. The second-order valence-corrected chi connectivity index (χ2v) is 4.43. The molecule has 0 saturated heterocycles. The molecule has 0 aliphatic heterocycles. The number of hydrogen-bond donors (Lipinski definition) is 1. The number of nitrogens with one attached hydrogen (secondary N) is 1. The monoisotopic (exact) mass is 295 g/mol. The highest BCUT2D eigenvalue weighted by atomic mass is 16.6. The average molecular weight is 295 g/mol. The number of ether oxygens (including phenoxy) is 1. The Hall–Kier alpha value is -2.15. The van der Waals surface area contributed by atoms with Crippen LogP contribution in [0.2, 0.25) is 0 Å². The normalized spacial score (nSPS) is 10.4. The van der Waals surface area contributed by atoms with Crippen molar-refractivity contribution in [1.29, 1.82) is 0 Å². The zero-order valence-corrected chi connectivity index (χ0v) is 12.4. The standard InChI is InChI=1S/C14H21N3O4/c1-3-15-14(18)11-16(4-2)8-9-21-13-7-5-6-12(10-13)17(19)20/h5-7,10H,3-4,8-9,11H2,1-2H3,(H,15,18). The Kier molecular flexibility index (Phi) is 7.17. The highest BCUT2D eigenvalue weighted by Gasteiger charge is 2.09. The van der Waals surface area contributed by atoms with Crippen molar-refractivity contribution in [3.05, 3.63) is 34.4 Å². The van der Waals surface area contributed by atoms with E-state index in [4.69, 9.17) is 4.74 Å². The quantitative estimate of drug-likeness (QED) is 0.550. The molecule has 0 aliphatic rings. The Balaban J connectivity index is 2.42. The number of carbonyl (C=O) groups excluding carboxylic acids is 1. The lowest BCUT2D eigenvalue weighted by molar-refractivity contribution is -0.384. The maximum atomic E-state index is 11.5. The van der Waals surface area contributed by atoms with Crippen LogP contribution in [0.3, 0.4) is 0 Å². The molecule has 1 aromatic rings. The Morgan fingerprint density at radius 2 is 2.19 bits per heavy atom. The lowest BCUT2D eigenvalue weighted by Gasteiger charge is -2.19. The van der Waals surface area contributed by atoms with Gasteiger partial charge in [0.2, 0.25) is 5.91 Å². The summed E-state index contributed by atoms with van der Waals surface area (Å²) in [7, 11) is 0. The van der Waals surface area contributed by atoms with Gasteiger partial charge in [0.15, 0.2) is 0 Å². The molecule has 7 heteroatoms. The van der Waals surface area contributed by atoms with Gasteiger partial charge in [-0.15, -0.1) is 0 Å². The van der Waals surface area contributed by atoms with Gasteiger partial charge in [-0.25, -0.2) is 0 Å². The summed E-state index contributed by atoms with van der Waals surface area (Å²) in [6.45, 7) is 6.45. The minimum Gasteiger partial charge on any atom is -0.492 e. The molecular weight excluding hydrogens is 274 g/mol. The summed E-state index contributed by atoms with van der Waals surface area (Å²) in [5.41, 5.74) is 0.00201. The number of hydrogen-bond acceptors (Lipinski definition) is 5. The number of nitro groups is 1. The smallest absolute Gasteiger partial charge is 0.273 e. The number of carbonyl (C=O) groups is 1. The summed E-state index contributed by atoms with van der Waals surface area (Å²) >= 11 is 0. The van der Waals surface area contributed by atoms with E-state index in [0.717, 1.165) is 6.54 Å². The van der Waals surface area contributed by atoms with Crippen molar-refractivity contribution in [1.82, 2.24) is 10.2 Å². The lowest BCUT2D eigenvalue weighted by atomic mass is 10.3. The molecule has 0 spiro atoms. The maximum absolute atomic E-state index is 11.5. The van der Waals surface area contributed by atoms with Gasteiger partial charge in [0.05, 0.1) is 17.5 Å². The third-order valence-electron chi connectivity index (χ3n) is 2.89. The van der Waals surface area contributed by atoms with E-state index in [0.29, 0.717) is 32.0 Å². The molecule has 7 nitrogen and oxygen atoms in total. The van der Waals surface area contributed by atoms with Crippen molar-refractivity contribution >= 4 is 11.6 Å². The van der Waals surface area contributed by atoms with E-state index in [1.807, 2.05) is 18.7 Å². The summed E-state index contributed by atoms with van der Waals surface area (Å²) in [5.74, 6) is 0.438. The van der Waals surface area contributed by atoms with Crippen molar-refractivity contribution in [2.24, 2.45) is 0 Å². The fourth-order valence-corrected chi connectivity index (χ4v) is 1.78. The average Bonchev–Trinajstić information content (AvgIpc) is 2.46. The van der Waals surface area contributed by atoms with E-state index < -0.39 is 4.92 Å². The molecule has 1 rings (SSSR count). The van der Waals surface area contributed by atoms with Crippen molar-refractivity contribution in [2.75, 3.05) is 32.8 Å². The molecule has 0 bridgehead atoms. The van der Waals surface area contributed by atoms with E-state index in [1.165, 1.54) is 12.1 Å². The lowest BCUT2D eigenvalue weighted by Crippen LogP contribution is -2.38. The molecule has 1 N–H and O–H groups in total. The molecule has 1 aromatic carbocycles. The number of nitrogens with zero attached hydrogens (tertiary/aromatic N) is 2. The van der Waals surface area contributed by atoms with Crippen LogP contribution in [-0.4, -0.2) is 48.5 Å². The topological polar surface area (TPSA) is 84.7 Å². The predicted molar refractivity (Wildman–Crippen MR) is 79.4 cm³/mol. The van der Waals surface area contributed by atoms with Gasteiger partial charge >= 0.3 is 0 Å². The van der Waals surface area contributed by atoms with Crippen LogP contribution in [0.4, 0.5) is 5.69 Å². The van der Waals surface area contributed by atoms with Crippen molar-refractivity contribution in [3.8, 4) is 5.75 Å². The number of nitro benzene ring substituents is 1. The Labute approximate surface area is 124 Å². The summed E-state index contributed by atoms with van der Waals surface area (Å²) < 4.78 is 5.49. The molecule has 0 aliphatic carbocycles. The number of amides is 1. The second-order valence-electron chi connectivity index (χ2n) is 4.43. The maximum Gasteiger partial charge on any atom is 0.273 e. The van der Waals surface area contributed by atoms with E-state index in [9.17, 15) is 14.9 Å². The Bertz CT molecular complexity index is 479. The number of rotatable bonds is 9. The van der Waals surface area contributed by atoms with E-state index in [1.54, 1.807) is 12.1 Å². The zero-order chi connectivity index (χ0) is 15.7. The minimum absolute atomic E-state index is 0.00201. The number of non-ortho nitro benzene ring substituents is 1. The summed E-state index contributed by atoms with van der Waals surface area (Å²) in [6, 6.07) is 6.06. The van der Waals surface area contributed by atoms with Crippen LogP contribution in [-0.2, 0) is 4.79 Å². The first-order valence-corrected chi connectivity index (χ1v) is 6.93. The van der Waals surface area contributed by atoms with Crippen LogP contribution < -0.4 is 10.1 Å². The molecule has 0 atom stereocenters. The summed E-state index contributed by atoms with van der Waals surface area (Å²) in [4.78, 5) is 23.6. The number of likely N-dealkylation sites (N-methyl/N-ethyl adjacent to an activating group) is 2. The zero-order valence-electron chi connectivity index (χ0n) is 12.4. The highest BCUT2D eigenvalue weighted by Crippen LogP contribution is 2.18. The van der Waals surface area contributed by atoms with Gasteiger partial charge in [-0.05, 0) is 19.5 Å². The first-order valence-electron chi connectivity index (χ1n) is 6.93. The first-order chi connectivity index (χ1) is 10.1. The fraction of sp³-hybridized carbons (Fsp3) is 0.500. The predicted octanol–water partition coefficient (Wildman–Crippen LogP) is 1.43. The molecule has 1 amide bonds.